The van der Waals surface area contributed by atoms with Gasteiger partial charge in [0.25, 0.3) is 0 Å². The van der Waals surface area contributed by atoms with E-state index in [1.165, 1.54) is 0 Å². The van der Waals surface area contributed by atoms with E-state index in [-0.39, 0.29) is 6.04 Å². The third-order valence-corrected chi connectivity index (χ3v) is 5.19. The van der Waals surface area contributed by atoms with Gasteiger partial charge in [0.1, 0.15) is 29.5 Å². The maximum Gasteiger partial charge on any atom is 0.433 e. The molecule has 2 unspecified atom stereocenters. The minimum absolute atomic E-state index is 0.120. The second kappa shape index (κ2) is 6.37. The van der Waals surface area contributed by atoms with Crippen molar-refractivity contribution in [3.8, 4) is 0 Å². The standard InChI is InChI=1S/C17H19F3N6/c1-11-21-5-2-15(24-11)25-6-3-12-4-7-26(13(12)9-25)16-8-14(17(18,19)20)22-10-23-16/h2,5,8,10,12-13H,3-4,6-7,9H2,1H3. The summed E-state index contributed by atoms with van der Waals surface area (Å²) in [5.74, 6) is 2.37. The van der Waals surface area contributed by atoms with Crippen LogP contribution in [0.1, 0.15) is 24.4 Å². The third-order valence-electron chi connectivity index (χ3n) is 5.19. The Labute approximate surface area is 149 Å². The normalized spacial score (nSPS) is 23.2. The van der Waals surface area contributed by atoms with Crippen molar-refractivity contribution < 1.29 is 13.2 Å². The predicted molar refractivity (Wildman–Crippen MR) is 89.9 cm³/mol. The summed E-state index contributed by atoms with van der Waals surface area (Å²) in [4.78, 5) is 20.2. The van der Waals surface area contributed by atoms with Gasteiger partial charge >= 0.3 is 6.18 Å². The highest BCUT2D eigenvalue weighted by Crippen LogP contribution is 2.37. The third kappa shape index (κ3) is 3.17. The van der Waals surface area contributed by atoms with E-state index in [1.54, 1.807) is 6.20 Å². The van der Waals surface area contributed by atoms with Crippen LogP contribution in [-0.2, 0) is 6.18 Å². The van der Waals surface area contributed by atoms with E-state index in [2.05, 4.69) is 24.8 Å². The molecule has 0 spiro atoms. The largest absolute Gasteiger partial charge is 0.433 e. The number of alkyl halides is 3. The van der Waals surface area contributed by atoms with Gasteiger partial charge in [-0.3, -0.25) is 0 Å². The summed E-state index contributed by atoms with van der Waals surface area (Å²) in [6, 6.07) is 3.05. The van der Waals surface area contributed by atoms with E-state index >= 15 is 0 Å². The highest BCUT2D eigenvalue weighted by Gasteiger charge is 2.40. The Bertz CT molecular complexity index is 796. The number of aryl methyl sites for hydroxylation is 1. The Kier molecular flexibility index (Phi) is 4.16. The Morgan fingerprint density at radius 3 is 2.65 bits per heavy atom. The molecule has 0 amide bonds. The molecule has 9 heteroatoms. The van der Waals surface area contributed by atoms with Crippen LogP contribution in [0.25, 0.3) is 0 Å². The van der Waals surface area contributed by atoms with E-state index in [1.807, 2.05) is 17.9 Å². The van der Waals surface area contributed by atoms with Crippen LogP contribution in [0.5, 0.6) is 0 Å². The van der Waals surface area contributed by atoms with E-state index < -0.39 is 11.9 Å². The zero-order valence-corrected chi connectivity index (χ0v) is 14.3. The maximum absolute atomic E-state index is 13.0. The summed E-state index contributed by atoms with van der Waals surface area (Å²) in [5.41, 5.74) is -0.898. The van der Waals surface area contributed by atoms with Gasteiger partial charge in [-0.15, -0.1) is 0 Å². The molecule has 2 aliphatic heterocycles. The zero-order chi connectivity index (χ0) is 18.3. The Morgan fingerprint density at radius 2 is 1.88 bits per heavy atom. The van der Waals surface area contributed by atoms with Crippen LogP contribution in [0, 0.1) is 12.8 Å². The molecule has 2 atom stereocenters. The number of halogens is 3. The quantitative estimate of drug-likeness (QED) is 0.817. The number of aromatic nitrogens is 4. The van der Waals surface area contributed by atoms with Gasteiger partial charge in [-0.25, -0.2) is 19.9 Å². The molecular weight excluding hydrogens is 345 g/mol. The van der Waals surface area contributed by atoms with Gasteiger partial charge in [-0.1, -0.05) is 0 Å². The number of hydrogen-bond acceptors (Lipinski definition) is 6. The number of hydrogen-bond donors (Lipinski definition) is 0. The zero-order valence-electron chi connectivity index (χ0n) is 14.3. The first-order valence-electron chi connectivity index (χ1n) is 8.62. The predicted octanol–water partition coefficient (Wildman–Crippen LogP) is 2.70. The number of piperidine rings is 1. The van der Waals surface area contributed by atoms with Gasteiger partial charge in [-0.2, -0.15) is 13.2 Å². The molecule has 0 radical (unpaired) electrons. The summed E-state index contributed by atoms with van der Waals surface area (Å²) < 4.78 is 38.9. The molecule has 0 bridgehead atoms. The van der Waals surface area contributed by atoms with Crippen LogP contribution in [0.4, 0.5) is 24.8 Å². The van der Waals surface area contributed by atoms with Gasteiger partial charge in [0.2, 0.25) is 0 Å². The van der Waals surface area contributed by atoms with Crippen molar-refractivity contribution in [3.05, 3.63) is 36.2 Å². The Balaban J connectivity index is 1.58. The van der Waals surface area contributed by atoms with Crippen molar-refractivity contribution in [1.29, 1.82) is 0 Å². The van der Waals surface area contributed by atoms with Crippen LogP contribution in [0.2, 0.25) is 0 Å². The number of fused-ring (bicyclic) bond motifs is 1. The van der Waals surface area contributed by atoms with E-state index in [0.29, 0.717) is 30.6 Å². The fraction of sp³-hybridized carbons (Fsp3) is 0.529. The average molecular weight is 364 g/mol. The van der Waals surface area contributed by atoms with Crippen molar-refractivity contribution in [2.75, 3.05) is 29.4 Å². The molecular formula is C17H19F3N6. The fourth-order valence-electron chi connectivity index (χ4n) is 3.91. The molecule has 0 N–H and O–H groups in total. The number of anilines is 2. The molecule has 0 aliphatic carbocycles. The second-order valence-electron chi connectivity index (χ2n) is 6.77. The smallest absolute Gasteiger partial charge is 0.354 e. The molecule has 2 fully saturated rings. The summed E-state index contributed by atoms with van der Waals surface area (Å²) in [7, 11) is 0. The Hall–Kier alpha value is -2.45. The van der Waals surface area contributed by atoms with Crippen molar-refractivity contribution in [1.82, 2.24) is 19.9 Å². The van der Waals surface area contributed by atoms with Crippen molar-refractivity contribution in [3.63, 3.8) is 0 Å². The highest BCUT2D eigenvalue weighted by atomic mass is 19.4. The topological polar surface area (TPSA) is 58.0 Å². The van der Waals surface area contributed by atoms with Gasteiger partial charge in [0, 0.05) is 31.9 Å². The van der Waals surface area contributed by atoms with Gasteiger partial charge in [0.05, 0.1) is 6.04 Å². The summed E-state index contributed by atoms with van der Waals surface area (Å²) in [6.07, 6.45) is 0.220. The van der Waals surface area contributed by atoms with Crippen molar-refractivity contribution in [2.45, 2.75) is 32.0 Å². The van der Waals surface area contributed by atoms with Crippen molar-refractivity contribution >= 4 is 11.6 Å². The van der Waals surface area contributed by atoms with Gasteiger partial charge < -0.3 is 9.80 Å². The molecule has 2 aromatic heterocycles. The molecule has 138 valence electrons. The fourth-order valence-corrected chi connectivity index (χ4v) is 3.91. The second-order valence-corrected chi connectivity index (χ2v) is 6.77. The molecule has 26 heavy (non-hydrogen) atoms. The molecule has 0 aromatic carbocycles. The van der Waals surface area contributed by atoms with Gasteiger partial charge in [0.15, 0.2) is 0 Å². The molecule has 2 aliphatic rings. The lowest BCUT2D eigenvalue weighted by Gasteiger charge is -2.39. The molecule has 0 saturated carbocycles. The molecule has 2 aromatic rings. The lowest BCUT2D eigenvalue weighted by atomic mass is 9.92. The highest BCUT2D eigenvalue weighted by molar-refractivity contribution is 5.46. The number of nitrogens with zero attached hydrogens (tertiary/aromatic N) is 6. The van der Waals surface area contributed by atoms with Crippen LogP contribution in [0.15, 0.2) is 24.7 Å². The first kappa shape index (κ1) is 17.0. The summed E-state index contributed by atoms with van der Waals surface area (Å²) >= 11 is 0. The van der Waals surface area contributed by atoms with Gasteiger partial charge in [-0.05, 0) is 31.7 Å². The van der Waals surface area contributed by atoms with E-state index in [4.69, 9.17) is 0 Å². The van der Waals surface area contributed by atoms with Crippen LogP contribution in [-0.4, -0.2) is 45.6 Å². The summed E-state index contributed by atoms with van der Waals surface area (Å²) in [5, 5.41) is 0. The maximum atomic E-state index is 13.0. The molecule has 4 rings (SSSR count). The minimum atomic E-state index is -4.46. The van der Waals surface area contributed by atoms with E-state index in [0.717, 1.165) is 37.6 Å². The average Bonchev–Trinajstić information content (AvgIpc) is 3.04. The molecule has 4 heterocycles. The Morgan fingerprint density at radius 1 is 1.08 bits per heavy atom. The lowest BCUT2D eigenvalue weighted by Crippen LogP contribution is -2.49. The monoisotopic (exact) mass is 364 g/mol. The van der Waals surface area contributed by atoms with Crippen molar-refractivity contribution in [2.24, 2.45) is 5.92 Å². The SMILES string of the molecule is Cc1nccc(N2CCC3CCN(c4cc(C(F)(F)F)ncn4)C3C2)n1. The first-order valence-corrected chi connectivity index (χ1v) is 8.62. The van der Waals surface area contributed by atoms with Crippen LogP contribution >= 0.6 is 0 Å². The molecule has 2 saturated heterocycles. The lowest BCUT2D eigenvalue weighted by molar-refractivity contribution is -0.141. The number of rotatable bonds is 2. The van der Waals surface area contributed by atoms with Crippen LogP contribution < -0.4 is 9.80 Å². The first-order chi connectivity index (χ1) is 12.4. The summed E-state index contributed by atoms with van der Waals surface area (Å²) in [6.45, 7) is 4.16. The van der Waals surface area contributed by atoms with Crippen LogP contribution in [0.3, 0.4) is 0 Å². The van der Waals surface area contributed by atoms with E-state index in [9.17, 15) is 13.2 Å². The molecule has 6 nitrogen and oxygen atoms in total. The minimum Gasteiger partial charge on any atom is -0.354 e.